The number of hydrogen-bond acceptors (Lipinski definition) is 4. The van der Waals surface area contributed by atoms with E-state index in [1.807, 2.05) is 0 Å². The van der Waals surface area contributed by atoms with Crippen LogP contribution in [0.3, 0.4) is 0 Å². The fraction of sp³-hybridized carbons (Fsp3) is 0.111. The van der Waals surface area contributed by atoms with Crippen LogP contribution in [0.1, 0.15) is 25.6 Å². The molecular weight excluding hydrogens is 343 g/mol. The van der Waals surface area contributed by atoms with Crippen LogP contribution in [-0.4, -0.2) is 18.9 Å². The molecule has 128 valence electrons. The van der Waals surface area contributed by atoms with E-state index in [0.29, 0.717) is 31.8 Å². The van der Waals surface area contributed by atoms with Crippen molar-refractivity contribution < 1.29 is 18.7 Å². The Labute approximate surface area is 147 Å². The van der Waals surface area contributed by atoms with Gasteiger partial charge in [-0.2, -0.15) is 0 Å². The topological polar surface area (TPSA) is 81.4 Å². The third-order valence-corrected chi connectivity index (χ3v) is 4.88. The summed E-state index contributed by atoms with van der Waals surface area (Å²) < 4.78 is 20.0. The molecule has 3 rings (SSSR count). The summed E-state index contributed by atoms with van der Waals surface area (Å²) in [4.78, 5) is 24.1. The molecule has 3 N–H and O–H groups in total. The molecule has 5 nitrogen and oxygen atoms in total. The second-order valence-corrected chi connectivity index (χ2v) is 6.40. The number of anilines is 1. The maximum atomic E-state index is 14.2. The van der Waals surface area contributed by atoms with Crippen molar-refractivity contribution in [2.45, 2.75) is 6.61 Å². The molecule has 0 saturated carbocycles. The molecule has 7 heteroatoms. The Morgan fingerprint density at radius 3 is 2.56 bits per heavy atom. The van der Waals surface area contributed by atoms with Crippen molar-refractivity contribution in [1.82, 2.24) is 0 Å². The van der Waals surface area contributed by atoms with Crippen molar-refractivity contribution in [3.05, 3.63) is 64.3 Å². The van der Waals surface area contributed by atoms with E-state index in [0.717, 1.165) is 0 Å². The number of benzene rings is 2. The highest BCUT2D eigenvalue weighted by atomic mass is 32.1. The van der Waals surface area contributed by atoms with Crippen LogP contribution in [0.2, 0.25) is 0 Å². The number of methoxy groups -OCH3 is 1. The van der Waals surface area contributed by atoms with Crippen LogP contribution in [0.4, 0.5) is 10.1 Å². The third kappa shape index (κ3) is 3.38. The molecular formula is C18H15FN2O3S. The van der Waals surface area contributed by atoms with Crippen molar-refractivity contribution in [2.75, 3.05) is 12.4 Å². The molecule has 0 aliphatic rings. The molecule has 2 amide bonds. The fourth-order valence-electron chi connectivity index (χ4n) is 2.54. The zero-order valence-corrected chi connectivity index (χ0v) is 14.2. The minimum absolute atomic E-state index is 0.129. The lowest BCUT2D eigenvalue weighted by Gasteiger charge is -2.07. The smallest absolute Gasteiger partial charge is 0.266 e. The predicted octanol–water partition coefficient (Wildman–Crippen LogP) is 3.54. The summed E-state index contributed by atoms with van der Waals surface area (Å²) in [6.45, 7) is 0.129. The summed E-state index contributed by atoms with van der Waals surface area (Å²) >= 11 is 1.21. The number of primary amides is 1. The maximum absolute atomic E-state index is 14.2. The van der Waals surface area contributed by atoms with Crippen molar-refractivity contribution in [3.63, 3.8) is 0 Å². The van der Waals surface area contributed by atoms with Gasteiger partial charge < -0.3 is 15.8 Å². The van der Waals surface area contributed by atoms with Crippen LogP contribution in [0.25, 0.3) is 10.1 Å². The molecule has 0 aliphatic carbocycles. The van der Waals surface area contributed by atoms with Crippen LogP contribution in [0.15, 0.2) is 42.5 Å². The summed E-state index contributed by atoms with van der Waals surface area (Å²) in [5, 5.41) is 3.15. The van der Waals surface area contributed by atoms with Crippen molar-refractivity contribution >= 4 is 38.9 Å². The summed E-state index contributed by atoms with van der Waals surface area (Å²) in [6, 6.07) is 11.0. The summed E-state index contributed by atoms with van der Waals surface area (Å²) in [5.74, 6) is -1.29. The van der Waals surface area contributed by atoms with Gasteiger partial charge >= 0.3 is 0 Å². The Kier molecular flexibility index (Phi) is 4.78. The maximum Gasteiger partial charge on any atom is 0.266 e. The van der Waals surface area contributed by atoms with E-state index in [1.165, 1.54) is 36.6 Å². The standard InChI is InChI=1S/C18H15FN2O3S/c1-24-9-12-15-13(19)3-2-4-14(15)25-16(12)18(23)21-11-7-5-10(6-8-11)17(20)22/h2-8H,9H2,1H3,(H2,20,22)(H,21,23). The van der Waals surface area contributed by atoms with Gasteiger partial charge in [-0.15, -0.1) is 11.3 Å². The first-order chi connectivity index (χ1) is 12.0. The molecule has 1 heterocycles. The van der Waals surface area contributed by atoms with Gasteiger partial charge in [0.25, 0.3) is 5.91 Å². The van der Waals surface area contributed by atoms with Gasteiger partial charge in [0.15, 0.2) is 0 Å². The average Bonchev–Trinajstić information content (AvgIpc) is 2.96. The zero-order valence-electron chi connectivity index (χ0n) is 13.3. The van der Waals surface area contributed by atoms with Gasteiger partial charge in [0.2, 0.25) is 5.91 Å². The van der Waals surface area contributed by atoms with Crippen LogP contribution in [0.5, 0.6) is 0 Å². The van der Waals surface area contributed by atoms with E-state index < -0.39 is 5.91 Å². The molecule has 1 aromatic heterocycles. The number of fused-ring (bicyclic) bond motifs is 1. The SMILES string of the molecule is COCc1c(C(=O)Nc2ccc(C(N)=O)cc2)sc2cccc(F)c12. The molecule has 0 saturated heterocycles. The van der Waals surface area contributed by atoms with E-state index >= 15 is 0 Å². The van der Waals surface area contributed by atoms with Gasteiger partial charge in [-0.25, -0.2) is 4.39 Å². The largest absolute Gasteiger partial charge is 0.380 e. The van der Waals surface area contributed by atoms with Gasteiger partial charge in [-0.3, -0.25) is 9.59 Å². The fourth-order valence-corrected chi connectivity index (χ4v) is 3.66. The molecule has 0 aliphatic heterocycles. The molecule has 0 spiro atoms. The average molecular weight is 358 g/mol. The van der Waals surface area contributed by atoms with E-state index in [2.05, 4.69) is 5.32 Å². The Balaban J connectivity index is 1.95. The van der Waals surface area contributed by atoms with Crippen molar-refractivity contribution in [1.29, 1.82) is 0 Å². The highest BCUT2D eigenvalue weighted by Gasteiger charge is 2.20. The van der Waals surface area contributed by atoms with Crippen molar-refractivity contribution in [3.8, 4) is 0 Å². The number of amides is 2. The number of ether oxygens (including phenoxy) is 1. The Bertz CT molecular complexity index is 951. The lowest BCUT2D eigenvalue weighted by molar-refractivity contribution is 0.0998. The predicted molar refractivity (Wildman–Crippen MR) is 95.4 cm³/mol. The number of thiophene rings is 1. The number of carbonyl (C=O) groups excluding carboxylic acids is 2. The second kappa shape index (κ2) is 7.00. The number of nitrogens with two attached hydrogens (primary N) is 1. The van der Waals surface area contributed by atoms with Gasteiger partial charge in [0, 0.05) is 34.0 Å². The number of rotatable bonds is 5. The number of carbonyl (C=O) groups is 2. The molecule has 2 aromatic carbocycles. The molecule has 0 bridgehead atoms. The van der Waals surface area contributed by atoms with Gasteiger partial charge in [-0.1, -0.05) is 6.07 Å². The van der Waals surface area contributed by atoms with E-state index in [4.69, 9.17) is 10.5 Å². The van der Waals surface area contributed by atoms with Crippen LogP contribution >= 0.6 is 11.3 Å². The molecule has 0 radical (unpaired) electrons. The monoisotopic (exact) mass is 358 g/mol. The molecule has 3 aromatic rings. The van der Waals surface area contributed by atoms with Crippen LogP contribution in [0, 0.1) is 5.82 Å². The quantitative estimate of drug-likeness (QED) is 0.732. The first-order valence-electron chi connectivity index (χ1n) is 7.41. The van der Waals surface area contributed by atoms with E-state index in [1.54, 1.807) is 24.3 Å². The normalized spacial score (nSPS) is 10.8. The molecule has 0 atom stereocenters. The van der Waals surface area contributed by atoms with E-state index in [9.17, 15) is 14.0 Å². The zero-order chi connectivity index (χ0) is 18.0. The Morgan fingerprint density at radius 1 is 1.20 bits per heavy atom. The minimum Gasteiger partial charge on any atom is -0.380 e. The lowest BCUT2D eigenvalue weighted by atomic mass is 10.1. The Hall–Kier alpha value is -2.77. The minimum atomic E-state index is -0.541. The highest BCUT2D eigenvalue weighted by Crippen LogP contribution is 2.34. The third-order valence-electron chi connectivity index (χ3n) is 3.69. The number of nitrogens with one attached hydrogen (secondary N) is 1. The Morgan fingerprint density at radius 2 is 1.92 bits per heavy atom. The van der Waals surface area contributed by atoms with Gasteiger partial charge in [-0.05, 0) is 36.4 Å². The van der Waals surface area contributed by atoms with Crippen LogP contribution in [-0.2, 0) is 11.3 Å². The van der Waals surface area contributed by atoms with Gasteiger partial charge in [0.05, 0.1) is 11.5 Å². The summed E-state index contributed by atoms with van der Waals surface area (Å²) in [5.41, 5.74) is 6.57. The second-order valence-electron chi connectivity index (χ2n) is 5.35. The summed E-state index contributed by atoms with van der Waals surface area (Å²) in [6.07, 6.45) is 0. The van der Waals surface area contributed by atoms with E-state index in [-0.39, 0.29) is 18.3 Å². The number of hydrogen-bond donors (Lipinski definition) is 2. The molecule has 0 unspecified atom stereocenters. The van der Waals surface area contributed by atoms with Crippen LogP contribution < -0.4 is 11.1 Å². The van der Waals surface area contributed by atoms with Crippen molar-refractivity contribution in [2.24, 2.45) is 5.73 Å². The summed E-state index contributed by atoms with van der Waals surface area (Å²) in [7, 11) is 1.49. The first kappa shape index (κ1) is 17.1. The number of halogens is 1. The first-order valence-corrected chi connectivity index (χ1v) is 8.23. The molecule has 25 heavy (non-hydrogen) atoms. The van der Waals surface area contributed by atoms with Gasteiger partial charge in [0.1, 0.15) is 5.82 Å². The lowest BCUT2D eigenvalue weighted by Crippen LogP contribution is -2.14. The molecule has 0 fully saturated rings. The highest BCUT2D eigenvalue weighted by molar-refractivity contribution is 7.21.